The summed E-state index contributed by atoms with van der Waals surface area (Å²) in [5.41, 5.74) is 2.51. The number of rotatable bonds is 5. The first-order valence-corrected chi connectivity index (χ1v) is 10.8. The molecular formula is C26H31NO4. The molecule has 1 aliphatic heterocycles. The molecule has 5 nitrogen and oxygen atoms in total. The van der Waals surface area contributed by atoms with Gasteiger partial charge in [-0.2, -0.15) is 0 Å². The van der Waals surface area contributed by atoms with Gasteiger partial charge >= 0.3 is 6.09 Å². The Morgan fingerprint density at radius 3 is 2.13 bits per heavy atom. The van der Waals surface area contributed by atoms with Crippen molar-refractivity contribution in [3.8, 4) is 11.1 Å². The van der Waals surface area contributed by atoms with Crippen molar-refractivity contribution >= 4 is 17.8 Å². The zero-order chi connectivity index (χ0) is 22.8. The molecule has 0 aromatic heterocycles. The molecule has 31 heavy (non-hydrogen) atoms. The van der Waals surface area contributed by atoms with Crippen LogP contribution in [-0.2, 0) is 20.7 Å². The van der Waals surface area contributed by atoms with Gasteiger partial charge in [0, 0.05) is 12.0 Å². The van der Waals surface area contributed by atoms with E-state index in [2.05, 4.69) is 12.1 Å². The summed E-state index contributed by atoms with van der Waals surface area (Å²) in [7, 11) is 0. The molecule has 5 heteroatoms. The van der Waals surface area contributed by atoms with Gasteiger partial charge in [-0.25, -0.2) is 9.69 Å². The van der Waals surface area contributed by atoms with Crippen molar-refractivity contribution in [3.63, 3.8) is 0 Å². The Hall–Kier alpha value is -2.95. The van der Waals surface area contributed by atoms with Gasteiger partial charge in [-0.3, -0.25) is 9.59 Å². The van der Waals surface area contributed by atoms with E-state index < -0.39 is 29.6 Å². The Balaban J connectivity index is 1.83. The first kappa shape index (κ1) is 22.7. The van der Waals surface area contributed by atoms with Crippen LogP contribution < -0.4 is 0 Å². The van der Waals surface area contributed by atoms with Crippen molar-refractivity contribution in [3.05, 3.63) is 60.2 Å². The third-order valence-corrected chi connectivity index (χ3v) is 5.44. The molecule has 0 N–H and O–H groups in total. The number of Topliss-reactive ketones (excluding diaryl/α,β-unsaturated/α-hetero) is 1. The summed E-state index contributed by atoms with van der Waals surface area (Å²) >= 11 is 0. The number of nitrogens with zero attached hydrogens (tertiary/aromatic N) is 1. The summed E-state index contributed by atoms with van der Waals surface area (Å²) in [6, 6.07) is 17.8. The van der Waals surface area contributed by atoms with Crippen LogP contribution in [0.1, 0.15) is 46.6 Å². The summed E-state index contributed by atoms with van der Waals surface area (Å²) in [5.74, 6) is -1.63. The van der Waals surface area contributed by atoms with E-state index in [9.17, 15) is 14.4 Å². The molecule has 0 aliphatic carbocycles. The minimum atomic E-state index is -0.791. The van der Waals surface area contributed by atoms with Crippen molar-refractivity contribution in [2.75, 3.05) is 0 Å². The van der Waals surface area contributed by atoms with Crippen LogP contribution in [-0.4, -0.2) is 34.3 Å². The van der Waals surface area contributed by atoms with E-state index in [1.54, 1.807) is 34.6 Å². The van der Waals surface area contributed by atoms with Crippen LogP contribution in [0, 0.1) is 11.8 Å². The molecule has 2 amide bonds. The molecule has 1 unspecified atom stereocenters. The summed E-state index contributed by atoms with van der Waals surface area (Å²) in [6.07, 6.45) is 0.139. The van der Waals surface area contributed by atoms with E-state index in [-0.39, 0.29) is 11.7 Å². The van der Waals surface area contributed by atoms with Crippen molar-refractivity contribution in [1.82, 2.24) is 4.90 Å². The highest BCUT2D eigenvalue weighted by Crippen LogP contribution is 2.32. The largest absolute Gasteiger partial charge is 0.443 e. The quantitative estimate of drug-likeness (QED) is 0.617. The van der Waals surface area contributed by atoms with Crippen LogP contribution in [0.25, 0.3) is 11.1 Å². The summed E-state index contributed by atoms with van der Waals surface area (Å²) in [4.78, 5) is 39.6. The first-order chi connectivity index (χ1) is 14.6. The summed E-state index contributed by atoms with van der Waals surface area (Å²) in [5, 5.41) is 0. The summed E-state index contributed by atoms with van der Waals surface area (Å²) in [6.45, 7) is 8.85. The fourth-order valence-electron chi connectivity index (χ4n) is 3.93. The highest BCUT2D eigenvalue weighted by atomic mass is 16.6. The van der Waals surface area contributed by atoms with Crippen molar-refractivity contribution < 1.29 is 19.1 Å². The first-order valence-electron chi connectivity index (χ1n) is 10.8. The Labute approximate surface area is 184 Å². The lowest BCUT2D eigenvalue weighted by Crippen LogP contribution is -2.44. The van der Waals surface area contributed by atoms with Gasteiger partial charge in [-0.1, -0.05) is 68.4 Å². The number of carbonyl (C=O) groups excluding carboxylic acids is 3. The maximum absolute atomic E-state index is 13.0. The van der Waals surface area contributed by atoms with Crippen molar-refractivity contribution in [2.45, 2.75) is 59.1 Å². The van der Waals surface area contributed by atoms with Gasteiger partial charge in [0.05, 0.1) is 5.92 Å². The Kier molecular flexibility index (Phi) is 6.63. The summed E-state index contributed by atoms with van der Waals surface area (Å²) < 4.78 is 5.48. The third kappa shape index (κ3) is 5.40. The van der Waals surface area contributed by atoms with Crippen LogP contribution >= 0.6 is 0 Å². The molecule has 0 bridgehead atoms. The normalized spacial score (nSPS) is 19.0. The van der Waals surface area contributed by atoms with E-state index in [0.717, 1.165) is 16.7 Å². The number of ether oxygens (including phenoxy) is 1. The predicted octanol–water partition coefficient (Wildman–Crippen LogP) is 5.27. The Bertz CT molecular complexity index is 942. The number of carbonyl (C=O) groups is 3. The number of hydrogen-bond donors (Lipinski definition) is 0. The van der Waals surface area contributed by atoms with Gasteiger partial charge in [0.15, 0.2) is 0 Å². The number of benzene rings is 2. The van der Waals surface area contributed by atoms with Crippen molar-refractivity contribution in [2.24, 2.45) is 11.8 Å². The van der Waals surface area contributed by atoms with Crippen molar-refractivity contribution in [1.29, 1.82) is 0 Å². The monoisotopic (exact) mass is 421 g/mol. The number of ketones is 1. The van der Waals surface area contributed by atoms with Gasteiger partial charge in [0.25, 0.3) is 0 Å². The molecule has 2 aromatic carbocycles. The average molecular weight is 422 g/mol. The highest BCUT2D eigenvalue weighted by molar-refractivity contribution is 6.08. The molecule has 1 saturated heterocycles. The number of imide groups is 1. The lowest BCUT2D eigenvalue weighted by atomic mass is 9.91. The molecule has 164 valence electrons. The highest BCUT2D eigenvalue weighted by Gasteiger charge is 2.47. The zero-order valence-corrected chi connectivity index (χ0v) is 18.9. The molecule has 3 rings (SSSR count). The molecule has 0 radical (unpaired) electrons. The second-order valence-electron chi connectivity index (χ2n) is 9.45. The van der Waals surface area contributed by atoms with Crippen LogP contribution in [0.5, 0.6) is 0 Å². The van der Waals surface area contributed by atoms with E-state index >= 15 is 0 Å². The fraction of sp³-hybridized carbons (Fsp3) is 0.423. The maximum atomic E-state index is 13.0. The molecule has 1 fully saturated rings. The maximum Gasteiger partial charge on any atom is 0.417 e. The van der Waals surface area contributed by atoms with Gasteiger partial charge in [0.2, 0.25) is 5.91 Å². The average Bonchev–Trinajstić information content (AvgIpc) is 3.03. The Morgan fingerprint density at radius 2 is 1.58 bits per heavy atom. The lowest BCUT2D eigenvalue weighted by Gasteiger charge is -2.27. The number of likely N-dealkylation sites (tertiary alicyclic amines) is 1. The van der Waals surface area contributed by atoms with Crippen LogP contribution in [0.2, 0.25) is 0 Å². The minimum Gasteiger partial charge on any atom is -0.443 e. The molecule has 1 heterocycles. The van der Waals surface area contributed by atoms with E-state index in [1.165, 1.54) is 4.90 Å². The SMILES string of the molecule is CC(C)C(=O)[C@@H]1CC(Cc2ccc(-c3ccccc3)cc2)N(C(=O)OC(C)(C)C)C1=O. The standard InChI is InChI=1S/C26H31NO4/c1-17(2)23(28)22-16-21(27(24(22)29)25(30)31-26(3,4)5)15-18-11-13-20(14-12-18)19-9-7-6-8-10-19/h6-14,17,21-22H,15-16H2,1-5H3/t21?,22-/m0/s1. The molecule has 1 aliphatic rings. The molecule has 0 saturated carbocycles. The Morgan fingerprint density at radius 1 is 1.00 bits per heavy atom. The molecule has 2 atom stereocenters. The number of amides is 2. The number of hydrogen-bond acceptors (Lipinski definition) is 4. The predicted molar refractivity (Wildman–Crippen MR) is 120 cm³/mol. The molecular weight excluding hydrogens is 390 g/mol. The van der Waals surface area contributed by atoms with E-state index in [0.29, 0.717) is 12.8 Å². The third-order valence-electron chi connectivity index (χ3n) is 5.44. The van der Waals surface area contributed by atoms with E-state index in [4.69, 9.17) is 4.74 Å². The fourth-order valence-corrected chi connectivity index (χ4v) is 3.93. The second-order valence-corrected chi connectivity index (χ2v) is 9.45. The van der Waals surface area contributed by atoms with Gasteiger partial charge in [0.1, 0.15) is 11.4 Å². The smallest absolute Gasteiger partial charge is 0.417 e. The second kappa shape index (κ2) is 9.04. The van der Waals surface area contributed by atoms with Crippen LogP contribution in [0.3, 0.4) is 0 Å². The van der Waals surface area contributed by atoms with E-state index in [1.807, 2.05) is 42.5 Å². The van der Waals surface area contributed by atoms with Crippen LogP contribution in [0.4, 0.5) is 4.79 Å². The van der Waals surface area contributed by atoms with Gasteiger partial charge in [-0.15, -0.1) is 0 Å². The topological polar surface area (TPSA) is 63.7 Å². The van der Waals surface area contributed by atoms with Gasteiger partial charge < -0.3 is 4.74 Å². The molecule has 0 spiro atoms. The lowest BCUT2D eigenvalue weighted by molar-refractivity contribution is -0.137. The van der Waals surface area contributed by atoms with Crippen LogP contribution in [0.15, 0.2) is 54.6 Å². The van der Waals surface area contributed by atoms with Gasteiger partial charge in [-0.05, 0) is 50.3 Å². The minimum absolute atomic E-state index is 0.125. The molecule has 2 aromatic rings. The zero-order valence-electron chi connectivity index (χ0n) is 18.9.